The minimum absolute atomic E-state index is 0. The standard InChI is InChI=1S/C18H27ClN4O.HI/c19-16-5-2-1-4-15(16)18(6-7-18)14-22-17(20)21-8-3-9-23-10-12-24-13-11-23;/h1-2,4-5H,3,6-14H2,(H3,20,21,22);1H. The number of nitrogens with zero attached hydrogens (tertiary/aromatic N) is 2. The summed E-state index contributed by atoms with van der Waals surface area (Å²) in [4.78, 5) is 6.98. The fourth-order valence-electron chi connectivity index (χ4n) is 3.19. The molecule has 2 aliphatic rings. The summed E-state index contributed by atoms with van der Waals surface area (Å²) >= 11 is 6.33. The quantitative estimate of drug-likeness (QED) is 0.274. The van der Waals surface area contributed by atoms with Gasteiger partial charge >= 0.3 is 0 Å². The van der Waals surface area contributed by atoms with Crippen LogP contribution in [0.4, 0.5) is 0 Å². The van der Waals surface area contributed by atoms with Crippen LogP contribution in [-0.4, -0.2) is 56.8 Å². The lowest BCUT2D eigenvalue weighted by molar-refractivity contribution is 0.0376. The lowest BCUT2D eigenvalue weighted by Crippen LogP contribution is -2.39. The van der Waals surface area contributed by atoms with Gasteiger partial charge in [-0.15, -0.1) is 24.0 Å². The summed E-state index contributed by atoms with van der Waals surface area (Å²) < 4.78 is 5.35. The van der Waals surface area contributed by atoms with Crippen LogP contribution >= 0.6 is 35.6 Å². The van der Waals surface area contributed by atoms with Gasteiger partial charge in [-0.1, -0.05) is 29.8 Å². The highest BCUT2D eigenvalue weighted by molar-refractivity contribution is 14.0. The van der Waals surface area contributed by atoms with E-state index in [1.54, 1.807) is 0 Å². The Labute approximate surface area is 172 Å². The van der Waals surface area contributed by atoms with Crippen LogP contribution in [0.2, 0.25) is 5.02 Å². The van der Waals surface area contributed by atoms with Crippen molar-refractivity contribution in [3.63, 3.8) is 0 Å². The van der Waals surface area contributed by atoms with E-state index in [0.29, 0.717) is 12.5 Å². The molecule has 3 rings (SSSR count). The van der Waals surface area contributed by atoms with Crippen molar-refractivity contribution in [1.29, 1.82) is 0 Å². The van der Waals surface area contributed by atoms with Crippen molar-refractivity contribution in [2.45, 2.75) is 24.7 Å². The first-order chi connectivity index (χ1) is 11.7. The lowest BCUT2D eigenvalue weighted by Gasteiger charge is -2.26. The maximum Gasteiger partial charge on any atom is 0.188 e. The van der Waals surface area contributed by atoms with Gasteiger partial charge in [-0.2, -0.15) is 0 Å². The molecule has 1 aliphatic carbocycles. The van der Waals surface area contributed by atoms with Gasteiger partial charge < -0.3 is 15.8 Å². The molecule has 1 aromatic carbocycles. The summed E-state index contributed by atoms with van der Waals surface area (Å²) in [7, 11) is 0. The highest BCUT2D eigenvalue weighted by Gasteiger charge is 2.45. The number of halogens is 2. The molecule has 2 fully saturated rings. The third kappa shape index (κ3) is 5.98. The average Bonchev–Trinajstić information content (AvgIpc) is 3.39. The van der Waals surface area contributed by atoms with Gasteiger partial charge in [-0.05, 0) is 37.4 Å². The molecule has 0 atom stereocenters. The molecule has 0 aromatic heterocycles. The number of benzene rings is 1. The SMILES string of the molecule is I.NC(=NCC1(c2ccccc2Cl)CC1)NCCCN1CCOCC1. The van der Waals surface area contributed by atoms with Crippen LogP contribution in [0.1, 0.15) is 24.8 Å². The van der Waals surface area contributed by atoms with Crippen molar-refractivity contribution >= 4 is 41.5 Å². The summed E-state index contributed by atoms with van der Waals surface area (Å²) in [6.07, 6.45) is 3.32. The Morgan fingerprint density at radius 3 is 2.68 bits per heavy atom. The molecule has 25 heavy (non-hydrogen) atoms. The average molecular weight is 479 g/mol. The van der Waals surface area contributed by atoms with Crippen LogP contribution in [0.3, 0.4) is 0 Å². The monoisotopic (exact) mass is 478 g/mol. The van der Waals surface area contributed by atoms with Gasteiger partial charge in [0.15, 0.2) is 5.96 Å². The summed E-state index contributed by atoms with van der Waals surface area (Å²) in [6, 6.07) is 8.07. The van der Waals surface area contributed by atoms with Crippen LogP contribution in [0.5, 0.6) is 0 Å². The largest absolute Gasteiger partial charge is 0.379 e. The second kappa shape index (κ2) is 9.94. The number of hydrogen-bond donors (Lipinski definition) is 2. The minimum Gasteiger partial charge on any atom is -0.379 e. The Bertz CT molecular complexity index is 574. The Morgan fingerprint density at radius 2 is 2.00 bits per heavy atom. The van der Waals surface area contributed by atoms with Crippen LogP contribution in [-0.2, 0) is 10.2 Å². The van der Waals surface area contributed by atoms with Crippen molar-refractivity contribution < 1.29 is 4.74 Å². The van der Waals surface area contributed by atoms with Gasteiger partial charge in [-0.3, -0.25) is 9.89 Å². The highest BCUT2D eigenvalue weighted by atomic mass is 127. The van der Waals surface area contributed by atoms with E-state index in [0.717, 1.165) is 63.7 Å². The number of nitrogens with one attached hydrogen (secondary N) is 1. The van der Waals surface area contributed by atoms with Crippen LogP contribution in [0.25, 0.3) is 0 Å². The Morgan fingerprint density at radius 1 is 1.28 bits per heavy atom. The summed E-state index contributed by atoms with van der Waals surface area (Å²) in [6.45, 7) is 6.40. The molecule has 1 saturated heterocycles. The van der Waals surface area contributed by atoms with Crippen LogP contribution in [0.15, 0.2) is 29.3 Å². The Kier molecular flexibility index (Phi) is 8.25. The minimum atomic E-state index is 0. The molecule has 0 bridgehead atoms. The summed E-state index contributed by atoms with van der Waals surface area (Å²) in [5.41, 5.74) is 7.32. The van der Waals surface area contributed by atoms with Gasteiger partial charge in [0.25, 0.3) is 0 Å². The fraction of sp³-hybridized carbons (Fsp3) is 0.611. The molecule has 5 nitrogen and oxygen atoms in total. The van der Waals surface area contributed by atoms with E-state index in [1.165, 1.54) is 5.56 Å². The molecule has 1 aliphatic heterocycles. The number of aliphatic imine (C=N–C) groups is 1. The zero-order chi connectivity index (χ0) is 16.8. The van der Waals surface area contributed by atoms with Crippen LogP contribution < -0.4 is 11.1 Å². The van der Waals surface area contributed by atoms with Crippen molar-refractivity contribution in [1.82, 2.24) is 10.2 Å². The predicted octanol–water partition coefficient (Wildman–Crippen LogP) is 2.62. The first-order valence-corrected chi connectivity index (χ1v) is 9.16. The molecule has 1 heterocycles. The highest BCUT2D eigenvalue weighted by Crippen LogP contribution is 2.50. The molecule has 7 heteroatoms. The topological polar surface area (TPSA) is 62.9 Å². The first kappa shape index (κ1) is 20.7. The van der Waals surface area contributed by atoms with E-state index in [1.807, 2.05) is 18.2 Å². The van der Waals surface area contributed by atoms with E-state index in [-0.39, 0.29) is 29.4 Å². The molecule has 3 N–H and O–H groups in total. The van der Waals surface area contributed by atoms with Crippen LogP contribution in [0, 0.1) is 0 Å². The van der Waals surface area contributed by atoms with E-state index < -0.39 is 0 Å². The second-order valence-corrected chi connectivity index (χ2v) is 7.10. The lowest BCUT2D eigenvalue weighted by atomic mass is 9.96. The smallest absolute Gasteiger partial charge is 0.188 e. The molecule has 140 valence electrons. The van der Waals surface area contributed by atoms with Gasteiger partial charge in [0, 0.05) is 30.1 Å². The predicted molar refractivity (Wildman–Crippen MR) is 114 cm³/mol. The Balaban J connectivity index is 0.00000225. The van der Waals surface area contributed by atoms with Crippen molar-refractivity contribution in [2.75, 3.05) is 45.9 Å². The zero-order valence-electron chi connectivity index (χ0n) is 14.5. The van der Waals surface area contributed by atoms with E-state index in [9.17, 15) is 0 Å². The number of guanidine groups is 1. The normalized spacial score (nSPS) is 20.0. The van der Waals surface area contributed by atoms with Gasteiger partial charge in [0.05, 0.1) is 19.8 Å². The maximum atomic E-state index is 6.33. The maximum absolute atomic E-state index is 6.33. The van der Waals surface area contributed by atoms with Gasteiger partial charge in [0.1, 0.15) is 0 Å². The van der Waals surface area contributed by atoms with Crippen molar-refractivity contribution in [2.24, 2.45) is 10.7 Å². The number of rotatable bonds is 7. The zero-order valence-corrected chi connectivity index (χ0v) is 17.6. The Hall–Kier alpha value is -0.570. The van der Waals surface area contributed by atoms with Gasteiger partial charge in [-0.25, -0.2) is 0 Å². The number of hydrogen-bond acceptors (Lipinski definition) is 3. The third-order valence-electron chi connectivity index (χ3n) is 4.91. The molecule has 0 amide bonds. The molecule has 1 aromatic rings. The second-order valence-electron chi connectivity index (χ2n) is 6.70. The van der Waals surface area contributed by atoms with Crippen molar-refractivity contribution in [3.05, 3.63) is 34.9 Å². The molecule has 0 radical (unpaired) electrons. The van der Waals surface area contributed by atoms with E-state index in [2.05, 4.69) is 21.3 Å². The molecule has 0 unspecified atom stereocenters. The molecular weight excluding hydrogens is 451 g/mol. The number of morpholine rings is 1. The fourth-order valence-corrected chi connectivity index (χ4v) is 3.53. The third-order valence-corrected chi connectivity index (χ3v) is 5.24. The first-order valence-electron chi connectivity index (χ1n) is 8.79. The van der Waals surface area contributed by atoms with Gasteiger partial charge in [0.2, 0.25) is 0 Å². The summed E-state index contributed by atoms with van der Waals surface area (Å²) in [5, 5.41) is 4.06. The summed E-state index contributed by atoms with van der Waals surface area (Å²) in [5.74, 6) is 0.537. The number of nitrogens with two attached hydrogens (primary N) is 1. The van der Waals surface area contributed by atoms with E-state index >= 15 is 0 Å². The van der Waals surface area contributed by atoms with E-state index in [4.69, 9.17) is 22.1 Å². The molecular formula is C18H28ClIN4O. The number of ether oxygens (including phenoxy) is 1. The van der Waals surface area contributed by atoms with Crippen molar-refractivity contribution in [3.8, 4) is 0 Å². The molecule has 0 spiro atoms. The molecule has 1 saturated carbocycles.